The lowest BCUT2D eigenvalue weighted by molar-refractivity contribution is -0.115. The zero-order valence-electron chi connectivity index (χ0n) is 17.4. The highest BCUT2D eigenvalue weighted by Crippen LogP contribution is 2.32. The van der Waals surface area contributed by atoms with E-state index in [1.54, 1.807) is 16.8 Å². The molecule has 3 aromatic rings. The van der Waals surface area contributed by atoms with Gasteiger partial charge in [0.1, 0.15) is 11.5 Å². The fraction of sp³-hybridized carbons (Fsp3) is 0.286. The monoisotopic (exact) mass is 467 g/mol. The van der Waals surface area contributed by atoms with Gasteiger partial charge in [0.15, 0.2) is 5.65 Å². The van der Waals surface area contributed by atoms with Gasteiger partial charge in [-0.2, -0.15) is 9.61 Å². The van der Waals surface area contributed by atoms with Crippen LogP contribution in [0.5, 0.6) is 0 Å². The van der Waals surface area contributed by atoms with Gasteiger partial charge in [0.05, 0.1) is 21.6 Å². The van der Waals surface area contributed by atoms with E-state index in [0.29, 0.717) is 40.8 Å². The molecule has 3 aromatic heterocycles. The van der Waals surface area contributed by atoms with E-state index >= 15 is 0 Å². The van der Waals surface area contributed by atoms with Gasteiger partial charge in [0.2, 0.25) is 0 Å². The highest BCUT2D eigenvalue weighted by molar-refractivity contribution is 7.17. The van der Waals surface area contributed by atoms with Gasteiger partial charge in [0, 0.05) is 30.8 Å². The molecule has 1 saturated heterocycles. The zero-order valence-corrected chi connectivity index (χ0v) is 18.2. The molecule has 1 saturated carbocycles. The molecule has 1 aliphatic carbocycles. The minimum absolute atomic E-state index is 0.0197. The summed E-state index contributed by atoms with van der Waals surface area (Å²) in [5.74, 6) is 0.0428. The lowest BCUT2D eigenvalue weighted by atomic mass is 10.2. The number of thiophene rings is 1. The van der Waals surface area contributed by atoms with Crippen LogP contribution in [0.3, 0.4) is 0 Å². The number of hydrogen-bond donors (Lipinski definition) is 5. The van der Waals surface area contributed by atoms with Crippen LogP contribution in [0.4, 0.5) is 10.6 Å². The Balaban J connectivity index is 1.51. The zero-order chi connectivity index (χ0) is 22.9. The Morgan fingerprint density at radius 1 is 1.30 bits per heavy atom. The summed E-state index contributed by atoms with van der Waals surface area (Å²) in [5.41, 5.74) is 1.86. The third kappa shape index (κ3) is 4.43. The van der Waals surface area contributed by atoms with Gasteiger partial charge in [-0.15, -0.1) is 11.3 Å². The first-order valence-corrected chi connectivity index (χ1v) is 11.3. The summed E-state index contributed by atoms with van der Waals surface area (Å²) in [5, 5.41) is 24.2. The number of amides is 4. The Morgan fingerprint density at radius 2 is 2.15 bits per heavy atom. The smallest absolute Gasteiger partial charge is 0.326 e. The average Bonchev–Trinajstić information content (AvgIpc) is 3.18. The number of rotatable bonds is 8. The Hall–Kier alpha value is -3.77. The molecule has 0 unspecified atom stereocenters. The number of hydrogen-bond acceptors (Lipinski definition) is 8. The molecule has 0 aromatic carbocycles. The quantitative estimate of drug-likeness (QED) is 0.190. The molecule has 12 heteroatoms. The Labute approximate surface area is 191 Å². The molecule has 1 aliphatic heterocycles. The van der Waals surface area contributed by atoms with Crippen LogP contribution < -0.4 is 21.3 Å². The molecule has 5 N–H and O–H groups in total. The number of nitrogens with zero attached hydrogens (tertiary/aromatic N) is 3. The van der Waals surface area contributed by atoms with Crippen molar-refractivity contribution in [3.63, 3.8) is 0 Å². The van der Waals surface area contributed by atoms with Crippen molar-refractivity contribution in [2.45, 2.75) is 25.3 Å². The molecule has 33 heavy (non-hydrogen) atoms. The molecule has 170 valence electrons. The molecule has 4 amide bonds. The van der Waals surface area contributed by atoms with E-state index in [1.165, 1.54) is 17.4 Å². The summed E-state index contributed by atoms with van der Waals surface area (Å²) >= 11 is 1.31. The summed E-state index contributed by atoms with van der Waals surface area (Å²) in [7, 11) is 0. The molecular weight excluding hydrogens is 446 g/mol. The standard InChI is InChI=1S/C21H21N7O4S/c29-7-1-6-22-20(31)16-5-4-15(33-16)13-9-17(24-12-2-3-12)28-18(25-13)11(10-23-28)8-14-19(30)27-21(32)26-14/h4-5,8-10,12,24,29H,1-3,6-7H2,(H,22,31)(H2,26,27,30,32)/b14-8-. The second kappa shape index (κ2) is 8.64. The fourth-order valence-corrected chi connectivity index (χ4v) is 4.23. The van der Waals surface area contributed by atoms with E-state index in [0.717, 1.165) is 23.5 Å². The summed E-state index contributed by atoms with van der Waals surface area (Å²) < 4.78 is 1.67. The normalized spacial score (nSPS) is 16.8. The summed E-state index contributed by atoms with van der Waals surface area (Å²) in [6.45, 7) is 0.423. The van der Waals surface area contributed by atoms with Crippen molar-refractivity contribution in [2.75, 3.05) is 18.5 Å². The lowest BCUT2D eigenvalue weighted by Crippen LogP contribution is -2.24. The number of anilines is 1. The first kappa shape index (κ1) is 21.1. The van der Waals surface area contributed by atoms with Gasteiger partial charge in [-0.1, -0.05) is 0 Å². The number of aromatic nitrogens is 3. The molecule has 0 bridgehead atoms. The molecule has 2 fully saturated rings. The predicted octanol–water partition coefficient (Wildman–Crippen LogP) is 1.32. The molecule has 5 rings (SSSR count). The number of nitrogens with one attached hydrogen (secondary N) is 4. The number of imide groups is 1. The number of carbonyl (C=O) groups excluding carboxylic acids is 3. The number of carbonyl (C=O) groups is 3. The third-order valence-electron chi connectivity index (χ3n) is 5.15. The van der Waals surface area contributed by atoms with Crippen molar-refractivity contribution < 1.29 is 19.5 Å². The number of aliphatic hydroxyl groups is 1. The second-order valence-corrected chi connectivity index (χ2v) is 8.83. The minimum Gasteiger partial charge on any atom is -0.396 e. The molecule has 0 radical (unpaired) electrons. The van der Waals surface area contributed by atoms with Crippen molar-refractivity contribution in [2.24, 2.45) is 0 Å². The van der Waals surface area contributed by atoms with Gasteiger partial charge < -0.3 is 21.1 Å². The highest BCUT2D eigenvalue weighted by atomic mass is 32.1. The van der Waals surface area contributed by atoms with Crippen molar-refractivity contribution in [1.82, 2.24) is 30.5 Å². The Kier molecular flexibility index (Phi) is 5.52. The van der Waals surface area contributed by atoms with E-state index in [2.05, 4.69) is 26.4 Å². The van der Waals surface area contributed by atoms with Crippen LogP contribution in [-0.2, 0) is 4.79 Å². The summed E-state index contributed by atoms with van der Waals surface area (Å²) in [6.07, 6.45) is 5.76. The summed E-state index contributed by atoms with van der Waals surface area (Å²) in [6, 6.07) is 5.26. The second-order valence-electron chi connectivity index (χ2n) is 7.74. The predicted molar refractivity (Wildman–Crippen MR) is 122 cm³/mol. The van der Waals surface area contributed by atoms with Crippen molar-refractivity contribution in [3.8, 4) is 10.6 Å². The van der Waals surface area contributed by atoms with Crippen LogP contribution in [0.25, 0.3) is 22.3 Å². The van der Waals surface area contributed by atoms with E-state index in [1.807, 2.05) is 12.1 Å². The molecule has 4 heterocycles. The van der Waals surface area contributed by atoms with Gasteiger partial charge in [-0.3, -0.25) is 14.9 Å². The maximum atomic E-state index is 12.4. The lowest BCUT2D eigenvalue weighted by Gasteiger charge is -2.09. The van der Waals surface area contributed by atoms with E-state index in [9.17, 15) is 14.4 Å². The molecule has 2 aliphatic rings. The van der Waals surface area contributed by atoms with E-state index in [-0.39, 0.29) is 18.2 Å². The van der Waals surface area contributed by atoms with Crippen LogP contribution in [0.2, 0.25) is 0 Å². The van der Waals surface area contributed by atoms with E-state index in [4.69, 9.17) is 10.1 Å². The number of fused-ring (bicyclic) bond motifs is 1. The SMILES string of the molecule is O=C1NC(=O)/C(=C/c2cnn3c(NC4CC4)cc(-c4ccc(C(=O)NCCCO)s4)nc23)N1. The van der Waals surface area contributed by atoms with Gasteiger partial charge >= 0.3 is 6.03 Å². The van der Waals surface area contributed by atoms with Crippen molar-refractivity contribution in [3.05, 3.63) is 40.5 Å². The first-order valence-electron chi connectivity index (χ1n) is 10.5. The fourth-order valence-electron chi connectivity index (χ4n) is 3.35. The van der Waals surface area contributed by atoms with Gasteiger partial charge in [0.25, 0.3) is 11.8 Å². The molecule has 11 nitrogen and oxygen atoms in total. The topological polar surface area (TPSA) is 150 Å². The molecular formula is C21H21N7O4S. The van der Waals surface area contributed by atoms with Crippen molar-refractivity contribution >= 4 is 46.7 Å². The summed E-state index contributed by atoms with van der Waals surface area (Å²) in [4.78, 5) is 41.8. The third-order valence-corrected chi connectivity index (χ3v) is 6.26. The first-order chi connectivity index (χ1) is 16.0. The van der Waals surface area contributed by atoms with Crippen LogP contribution in [0, 0.1) is 0 Å². The molecule has 0 spiro atoms. The Bertz CT molecular complexity index is 1290. The number of aliphatic hydroxyl groups excluding tert-OH is 1. The van der Waals surface area contributed by atoms with E-state index < -0.39 is 11.9 Å². The van der Waals surface area contributed by atoms with Crippen LogP contribution in [0.15, 0.2) is 30.1 Å². The largest absolute Gasteiger partial charge is 0.396 e. The van der Waals surface area contributed by atoms with Crippen LogP contribution in [-0.4, -0.2) is 56.7 Å². The minimum atomic E-state index is -0.573. The maximum absolute atomic E-state index is 12.4. The van der Waals surface area contributed by atoms with Crippen LogP contribution >= 0.6 is 11.3 Å². The molecule has 0 atom stereocenters. The van der Waals surface area contributed by atoms with Gasteiger partial charge in [-0.05, 0) is 37.5 Å². The highest BCUT2D eigenvalue weighted by Gasteiger charge is 2.25. The average molecular weight is 468 g/mol. The van der Waals surface area contributed by atoms with Gasteiger partial charge in [-0.25, -0.2) is 9.78 Å². The van der Waals surface area contributed by atoms with Crippen molar-refractivity contribution in [1.29, 1.82) is 0 Å². The Morgan fingerprint density at radius 3 is 2.88 bits per heavy atom. The van der Waals surface area contributed by atoms with Crippen LogP contribution in [0.1, 0.15) is 34.5 Å². The maximum Gasteiger partial charge on any atom is 0.326 e. The number of urea groups is 1.